The zero-order valence-electron chi connectivity index (χ0n) is 18.9. The molecule has 0 spiro atoms. The van der Waals surface area contributed by atoms with E-state index in [0.717, 1.165) is 27.8 Å². The van der Waals surface area contributed by atoms with Gasteiger partial charge in [0.05, 0.1) is 23.2 Å². The predicted molar refractivity (Wildman–Crippen MR) is 128 cm³/mol. The van der Waals surface area contributed by atoms with Gasteiger partial charge in [0, 0.05) is 35.5 Å². The summed E-state index contributed by atoms with van der Waals surface area (Å²) in [6.45, 7) is 3.17. The van der Waals surface area contributed by atoms with Crippen molar-refractivity contribution in [1.82, 2.24) is 24.9 Å². The normalized spacial score (nSPS) is 12.2. The second-order valence-electron chi connectivity index (χ2n) is 7.44. The van der Waals surface area contributed by atoms with Gasteiger partial charge in [0.2, 0.25) is 11.7 Å². The molecule has 0 aliphatic carbocycles. The molecule has 3 heterocycles. The molecule has 0 radical (unpaired) electrons. The van der Waals surface area contributed by atoms with Crippen molar-refractivity contribution >= 4 is 28.8 Å². The molecule has 3 aromatic heterocycles. The molecule has 2 N–H and O–H groups in total. The Bertz CT molecular complexity index is 1260. The number of nitrogens with zero attached hydrogens (tertiary/aromatic N) is 4. The fourth-order valence-electron chi connectivity index (χ4n) is 3.38. The maximum absolute atomic E-state index is 12.8. The summed E-state index contributed by atoms with van der Waals surface area (Å²) in [6, 6.07) is 7.67. The van der Waals surface area contributed by atoms with Gasteiger partial charge in [-0.3, -0.25) is 4.72 Å². The minimum atomic E-state index is -2.61. The van der Waals surface area contributed by atoms with Crippen molar-refractivity contribution in [2.45, 2.75) is 37.5 Å². The van der Waals surface area contributed by atoms with E-state index < -0.39 is 13.0 Å². The van der Waals surface area contributed by atoms with E-state index in [2.05, 4.69) is 29.6 Å². The van der Waals surface area contributed by atoms with Gasteiger partial charge in [-0.25, -0.2) is 23.7 Å². The maximum Gasteiger partial charge on any atom is 0.272 e. The SMILES string of the molecule is CCC(C)c1nc(NSc2c[nH]c3c(-c4ncccn4)cccc23)nc(OC)c1OCC(F)F. The number of aromatic amines is 1. The molecule has 0 fully saturated rings. The Hall–Kier alpha value is -3.47. The highest BCUT2D eigenvalue weighted by atomic mass is 32.2. The Morgan fingerprint density at radius 3 is 2.65 bits per heavy atom. The quantitative estimate of drug-likeness (QED) is 0.276. The monoisotopic (exact) mass is 486 g/mol. The summed E-state index contributed by atoms with van der Waals surface area (Å²) in [5, 5.41) is 0.980. The van der Waals surface area contributed by atoms with E-state index >= 15 is 0 Å². The van der Waals surface area contributed by atoms with Crippen LogP contribution in [0.2, 0.25) is 0 Å². The molecule has 11 heteroatoms. The molecule has 0 saturated heterocycles. The van der Waals surface area contributed by atoms with Crippen LogP contribution in [0.25, 0.3) is 22.3 Å². The first kappa shape index (κ1) is 23.7. The average Bonchev–Trinajstić information content (AvgIpc) is 3.29. The van der Waals surface area contributed by atoms with Crippen molar-refractivity contribution < 1.29 is 18.3 Å². The topological polar surface area (TPSA) is 97.8 Å². The third-order valence-corrected chi connectivity index (χ3v) is 6.07. The third-order valence-electron chi connectivity index (χ3n) is 5.22. The number of rotatable bonds is 10. The third kappa shape index (κ3) is 5.04. The lowest BCUT2D eigenvalue weighted by molar-refractivity contribution is 0.0790. The van der Waals surface area contributed by atoms with Crippen LogP contribution in [0.5, 0.6) is 11.6 Å². The predicted octanol–water partition coefficient (Wildman–Crippen LogP) is 5.70. The number of hydrogen-bond acceptors (Lipinski definition) is 8. The highest BCUT2D eigenvalue weighted by Gasteiger charge is 2.22. The van der Waals surface area contributed by atoms with Crippen molar-refractivity contribution in [3.8, 4) is 23.0 Å². The van der Waals surface area contributed by atoms with Crippen molar-refractivity contribution in [2.24, 2.45) is 0 Å². The Kier molecular flexibility index (Phi) is 7.41. The molecule has 1 atom stereocenters. The maximum atomic E-state index is 12.8. The van der Waals surface area contributed by atoms with Crippen LogP contribution < -0.4 is 14.2 Å². The number of para-hydroxylation sites is 1. The van der Waals surface area contributed by atoms with E-state index in [1.54, 1.807) is 18.5 Å². The second-order valence-corrected chi connectivity index (χ2v) is 8.29. The molecule has 1 aromatic carbocycles. The fraction of sp³-hybridized carbons (Fsp3) is 0.304. The lowest BCUT2D eigenvalue weighted by atomic mass is 10.0. The molecule has 178 valence electrons. The number of alkyl halides is 2. The van der Waals surface area contributed by atoms with Gasteiger partial charge in [0.15, 0.2) is 5.82 Å². The summed E-state index contributed by atoms with van der Waals surface area (Å²) in [4.78, 5) is 21.8. The van der Waals surface area contributed by atoms with Crippen LogP contribution in [-0.2, 0) is 0 Å². The highest BCUT2D eigenvalue weighted by molar-refractivity contribution is 8.00. The van der Waals surface area contributed by atoms with Crippen LogP contribution >= 0.6 is 11.9 Å². The van der Waals surface area contributed by atoms with E-state index in [1.165, 1.54) is 19.1 Å². The van der Waals surface area contributed by atoms with Gasteiger partial charge in [-0.1, -0.05) is 26.0 Å². The van der Waals surface area contributed by atoms with Gasteiger partial charge in [0.1, 0.15) is 6.61 Å². The number of nitrogens with one attached hydrogen (secondary N) is 2. The summed E-state index contributed by atoms with van der Waals surface area (Å²) in [6.07, 6.45) is 3.41. The van der Waals surface area contributed by atoms with Gasteiger partial charge in [-0.15, -0.1) is 0 Å². The molecular formula is C23H24F2N6O2S. The van der Waals surface area contributed by atoms with E-state index in [0.29, 0.717) is 17.5 Å². The number of hydrogen-bond donors (Lipinski definition) is 2. The number of ether oxygens (including phenoxy) is 2. The van der Waals surface area contributed by atoms with E-state index in [1.807, 2.05) is 38.2 Å². The van der Waals surface area contributed by atoms with Crippen LogP contribution in [0.3, 0.4) is 0 Å². The molecule has 34 heavy (non-hydrogen) atoms. The number of methoxy groups -OCH3 is 1. The smallest absolute Gasteiger partial charge is 0.272 e. The van der Waals surface area contributed by atoms with Gasteiger partial charge < -0.3 is 14.5 Å². The minimum Gasteiger partial charge on any atom is -0.480 e. The first-order valence-electron chi connectivity index (χ1n) is 10.7. The van der Waals surface area contributed by atoms with Crippen LogP contribution in [0.1, 0.15) is 31.9 Å². The van der Waals surface area contributed by atoms with E-state index in [-0.39, 0.29) is 17.5 Å². The van der Waals surface area contributed by atoms with Crippen molar-refractivity contribution in [2.75, 3.05) is 18.4 Å². The van der Waals surface area contributed by atoms with Gasteiger partial charge >= 0.3 is 0 Å². The van der Waals surface area contributed by atoms with Crippen LogP contribution in [0.4, 0.5) is 14.7 Å². The van der Waals surface area contributed by atoms with Crippen molar-refractivity contribution in [3.63, 3.8) is 0 Å². The largest absolute Gasteiger partial charge is 0.480 e. The highest BCUT2D eigenvalue weighted by Crippen LogP contribution is 2.37. The van der Waals surface area contributed by atoms with E-state index in [9.17, 15) is 8.78 Å². The number of H-pyrrole nitrogens is 1. The molecule has 0 aliphatic heterocycles. The molecule has 8 nitrogen and oxygen atoms in total. The summed E-state index contributed by atoms with van der Waals surface area (Å²) in [5.41, 5.74) is 2.32. The fourth-order valence-corrected chi connectivity index (χ4v) is 4.07. The zero-order valence-corrected chi connectivity index (χ0v) is 19.7. The summed E-state index contributed by atoms with van der Waals surface area (Å²) < 4.78 is 39.3. The first-order valence-corrected chi connectivity index (χ1v) is 11.5. The number of aromatic nitrogens is 5. The molecule has 0 bridgehead atoms. The summed E-state index contributed by atoms with van der Waals surface area (Å²) in [7, 11) is 1.42. The Labute approximate surface area is 199 Å². The molecular weight excluding hydrogens is 462 g/mol. The Morgan fingerprint density at radius 1 is 1.15 bits per heavy atom. The number of halogens is 2. The average molecular weight is 487 g/mol. The molecule has 0 amide bonds. The zero-order chi connectivity index (χ0) is 24.1. The molecule has 1 unspecified atom stereocenters. The number of benzene rings is 1. The minimum absolute atomic E-state index is 0.0448. The first-order chi connectivity index (χ1) is 16.5. The Morgan fingerprint density at radius 2 is 1.94 bits per heavy atom. The summed E-state index contributed by atoms with van der Waals surface area (Å²) >= 11 is 1.32. The lowest BCUT2D eigenvalue weighted by Crippen LogP contribution is -2.13. The number of fused-ring (bicyclic) bond motifs is 1. The van der Waals surface area contributed by atoms with Crippen LogP contribution in [0, 0.1) is 0 Å². The Balaban J connectivity index is 1.62. The summed E-state index contributed by atoms with van der Waals surface area (Å²) in [5.74, 6) is 1.13. The van der Waals surface area contributed by atoms with Gasteiger partial charge in [-0.05, 0) is 30.5 Å². The molecule has 4 rings (SSSR count). The van der Waals surface area contributed by atoms with Crippen LogP contribution in [0.15, 0.2) is 47.8 Å². The van der Waals surface area contributed by atoms with Gasteiger partial charge in [-0.2, -0.15) is 4.98 Å². The standard InChI is InChI=1S/C23H24F2N6O2S/c1-4-13(2)18-20(33-12-17(24)25)22(32-3)30-23(29-18)31-34-16-11-28-19-14(16)7-5-8-15(19)21-26-9-6-10-27-21/h5-11,13,17,28H,4,12H2,1-3H3,(H,29,30,31). The lowest BCUT2D eigenvalue weighted by Gasteiger charge is -2.18. The van der Waals surface area contributed by atoms with E-state index in [4.69, 9.17) is 9.47 Å². The van der Waals surface area contributed by atoms with Crippen molar-refractivity contribution in [3.05, 3.63) is 48.5 Å². The molecule has 0 saturated carbocycles. The van der Waals surface area contributed by atoms with Crippen molar-refractivity contribution in [1.29, 1.82) is 0 Å². The van der Waals surface area contributed by atoms with Gasteiger partial charge in [0.25, 0.3) is 12.3 Å². The second kappa shape index (κ2) is 10.6. The van der Waals surface area contributed by atoms with Crippen LogP contribution in [-0.4, -0.2) is 45.1 Å². The number of anilines is 1. The molecule has 4 aromatic rings. The molecule has 0 aliphatic rings.